The number of nitro benzene ring substituents is 1. The van der Waals surface area contributed by atoms with E-state index in [-0.39, 0.29) is 12.3 Å². The molecule has 0 fully saturated rings. The number of esters is 1. The van der Waals surface area contributed by atoms with Crippen molar-refractivity contribution in [2.75, 3.05) is 18.6 Å². The molecule has 0 aliphatic rings. The maximum atomic E-state index is 12.3. The second kappa shape index (κ2) is 8.79. The predicted molar refractivity (Wildman–Crippen MR) is 99.5 cm³/mol. The van der Waals surface area contributed by atoms with Gasteiger partial charge in [-0.05, 0) is 49.2 Å². The van der Waals surface area contributed by atoms with Gasteiger partial charge < -0.3 is 9.47 Å². The Morgan fingerprint density at radius 1 is 1.07 bits per heavy atom. The van der Waals surface area contributed by atoms with E-state index in [0.29, 0.717) is 5.69 Å². The van der Waals surface area contributed by atoms with Crippen LogP contribution in [0.25, 0.3) is 11.1 Å². The lowest BCUT2D eigenvalue weighted by Crippen LogP contribution is -2.44. The van der Waals surface area contributed by atoms with Crippen molar-refractivity contribution in [2.45, 2.75) is 19.9 Å². The number of carbonyl (C=O) groups excluding carboxylic acids is 2. The molecule has 2 aromatic rings. The Hall–Kier alpha value is -3.42. The van der Waals surface area contributed by atoms with Crippen molar-refractivity contribution in [1.29, 1.82) is 0 Å². The van der Waals surface area contributed by atoms with Gasteiger partial charge in [-0.3, -0.25) is 15.0 Å². The average molecular weight is 372 g/mol. The van der Waals surface area contributed by atoms with Crippen LogP contribution < -0.4 is 4.90 Å². The van der Waals surface area contributed by atoms with Crippen LogP contribution in [-0.4, -0.2) is 36.7 Å². The number of benzene rings is 2. The lowest BCUT2D eigenvalue weighted by atomic mass is 10.0. The smallest absolute Gasteiger partial charge is 0.415 e. The van der Waals surface area contributed by atoms with E-state index < -0.39 is 23.0 Å². The second-order valence-corrected chi connectivity index (χ2v) is 5.62. The van der Waals surface area contributed by atoms with Gasteiger partial charge in [0.05, 0.1) is 18.6 Å². The van der Waals surface area contributed by atoms with Gasteiger partial charge in [-0.25, -0.2) is 9.59 Å². The molecule has 0 aromatic heterocycles. The van der Waals surface area contributed by atoms with Crippen LogP contribution in [0.1, 0.15) is 13.8 Å². The van der Waals surface area contributed by atoms with Crippen LogP contribution >= 0.6 is 0 Å². The fourth-order valence-corrected chi connectivity index (χ4v) is 2.55. The summed E-state index contributed by atoms with van der Waals surface area (Å²) < 4.78 is 9.76. The number of rotatable bonds is 6. The number of nitrogens with zero attached hydrogens (tertiary/aromatic N) is 2. The van der Waals surface area contributed by atoms with Crippen molar-refractivity contribution in [2.24, 2.45) is 0 Å². The van der Waals surface area contributed by atoms with E-state index in [9.17, 15) is 19.7 Å². The van der Waals surface area contributed by atoms with Crippen molar-refractivity contribution < 1.29 is 24.0 Å². The van der Waals surface area contributed by atoms with Gasteiger partial charge in [-0.15, -0.1) is 0 Å². The lowest BCUT2D eigenvalue weighted by Gasteiger charge is -2.26. The molecular weight excluding hydrogens is 352 g/mol. The number of ether oxygens (including phenoxy) is 2. The van der Waals surface area contributed by atoms with Crippen LogP contribution in [0.4, 0.5) is 16.2 Å². The Kier molecular flexibility index (Phi) is 6.48. The van der Waals surface area contributed by atoms with Gasteiger partial charge >= 0.3 is 12.1 Å². The molecule has 0 saturated heterocycles. The molecule has 1 amide bonds. The fourth-order valence-electron chi connectivity index (χ4n) is 2.55. The van der Waals surface area contributed by atoms with Crippen molar-refractivity contribution >= 4 is 23.4 Å². The van der Waals surface area contributed by atoms with Gasteiger partial charge in [0.2, 0.25) is 0 Å². The van der Waals surface area contributed by atoms with Crippen LogP contribution in [0.3, 0.4) is 0 Å². The van der Waals surface area contributed by atoms with Gasteiger partial charge in [0, 0.05) is 17.8 Å². The first kappa shape index (κ1) is 19.9. The number of amides is 1. The Balaban J connectivity index is 2.31. The Bertz CT molecular complexity index is 817. The Labute approximate surface area is 156 Å². The Morgan fingerprint density at radius 2 is 1.59 bits per heavy atom. The monoisotopic (exact) mass is 372 g/mol. The highest BCUT2D eigenvalue weighted by Crippen LogP contribution is 2.26. The van der Waals surface area contributed by atoms with E-state index in [1.807, 2.05) is 0 Å². The quantitative estimate of drug-likeness (QED) is 0.435. The summed E-state index contributed by atoms with van der Waals surface area (Å²) in [6.45, 7) is 3.40. The molecule has 0 saturated carbocycles. The van der Waals surface area contributed by atoms with Crippen molar-refractivity contribution in [1.82, 2.24) is 0 Å². The third kappa shape index (κ3) is 4.60. The minimum Gasteiger partial charge on any atom is -0.467 e. The molecule has 0 spiro atoms. The predicted octanol–water partition coefficient (Wildman–Crippen LogP) is 3.79. The van der Waals surface area contributed by atoms with Crippen LogP contribution in [0.15, 0.2) is 48.5 Å². The number of hydrogen-bond donors (Lipinski definition) is 0. The van der Waals surface area contributed by atoms with E-state index in [1.165, 1.54) is 24.1 Å². The zero-order valence-corrected chi connectivity index (χ0v) is 15.2. The average Bonchev–Trinajstić information content (AvgIpc) is 2.68. The molecule has 2 aromatic carbocycles. The van der Waals surface area contributed by atoms with Crippen molar-refractivity contribution in [3.8, 4) is 11.1 Å². The zero-order chi connectivity index (χ0) is 20.0. The van der Waals surface area contributed by atoms with Crippen LogP contribution in [0, 0.1) is 10.1 Å². The number of carbonyl (C=O) groups is 2. The fraction of sp³-hybridized carbons (Fsp3) is 0.263. The van der Waals surface area contributed by atoms with Gasteiger partial charge in [-0.2, -0.15) is 0 Å². The highest BCUT2D eigenvalue weighted by atomic mass is 16.6. The van der Waals surface area contributed by atoms with Crippen molar-refractivity contribution in [3.63, 3.8) is 0 Å². The molecule has 0 aliphatic heterocycles. The van der Waals surface area contributed by atoms with Gasteiger partial charge in [-0.1, -0.05) is 12.1 Å². The Morgan fingerprint density at radius 3 is 2.04 bits per heavy atom. The molecule has 0 N–H and O–H groups in total. The molecule has 0 heterocycles. The standard InChI is InChI=1S/C19H20N2O6/c1-4-27-19(23)20(13(2)18(22)26-3)16-9-5-14(6-10-16)15-7-11-17(12-8-15)21(24)25/h5-13H,4H2,1-3H3. The molecule has 1 atom stereocenters. The SMILES string of the molecule is CCOC(=O)N(c1ccc(-c2ccc([N+](=O)[O-])cc2)cc1)C(C)C(=O)OC. The molecule has 0 radical (unpaired) electrons. The number of nitro groups is 1. The molecular formula is C19H20N2O6. The highest BCUT2D eigenvalue weighted by molar-refractivity contribution is 5.95. The van der Waals surface area contributed by atoms with E-state index in [1.54, 1.807) is 50.2 Å². The van der Waals surface area contributed by atoms with Crippen LogP contribution in [0.2, 0.25) is 0 Å². The first-order chi connectivity index (χ1) is 12.9. The summed E-state index contributed by atoms with van der Waals surface area (Å²) in [5.41, 5.74) is 2.08. The topological polar surface area (TPSA) is 99.0 Å². The minimum atomic E-state index is -0.862. The number of hydrogen-bond acceptors (Lipinski definition) is 6. The number of methoxy groups -OCH3 is 1. The zero-order valence-electron chi connectivity index (χ0n) is 15.2. The molecule has 142 valence electrons. The van der Waals surface area contributed by atoms with E-state index >= 15 is 0 Å². The molecule has 27 heavy (non-hydrogen) atoms. The lowest BCUT2D eigenvalue weighted by molar-refractivity contribution is -0.384. The summed E-state index contributed by atoms with van der Waals surface area (Å²) in [5, 5.41) is 10.7. The number of non-ortho nitro benzene ring substituents is 1. The van der Waals surface area contributed by atoms with Crippen LogP contribution in [0.5, 0.6) is 0 Å². The summed E-state index contributed by atoms with van der Waals surface area (Å²) in [6.07, 6.45) is -0.654. The maximum Gasteiger partial charge on any atom is 0.415 e. The molecule has 1 unspecified atom stereocenters. The molecule has 0 bridgehead atoms. The third-order valence-corrected chi connectivity index (χ3v) is 3.95. The van der Waals surface area contributed by atoms with E-state index in [2.05, 4.69) is 0 Å². The molecule has 2 rings (SSSR count). The van der Waals surface area contributed by atoms with Gasteiger partial charge in [0.15, 0.2) is 0 Å². The molecule has 8 nitrogen and oxygen atoms in total. The summed E-state index contributed by atoms with van der Waals surface area (Å²) >= 11 is 0. The minimum absolute atomic E-state index is 0.00996. The second-order valence-electron chi connectivity index (χ2n) is 5.62. The van der Waals surface area contributed by atoms with Gasteiger partial charge in [0.25, 0.3) is 5.69 Å². The summed E-state index contributed by atoms with van der Waals surface area (Å²) in [7, 11) is 1.25. The van der Waals surface area contributed by atoms with E-state index in [0.717, 1.165) is 11.1 Å². The largest absolute Gasteiger partial charge is 0.467 e. The summed E-state index contributed by atoms with van der Waals surface area (Å²) in [5.74, 6) is -0.567. The highest BCUT2D eigenvalue weighted by Gasteiger charge is 2.29. The molecule has 8 heteroatoms. The number of anilines is 1. The summed E-state index contributed by atoms with van der Waals surface area (Å²) in [4.78, 5) is 35.7. The van der Waals surface area contributed by atoms with Crippen molar-refractivity contribution in [3.05, 3.63) is 58.6 Å². The van der Waals surface area contributed by atoms with E-state index in [4.69, 9.17) is 9.47 Å². The first-order valence-electron chi connectivity index (χ1n) is 8.27. The third-order valence-electron chi connectivity index (χ3n) is 3.95. The summed E-state index contributed by atoms with van der Waals surface area (Å²) in [6, 6.07) is 12.1. The van der Waals surface area contributed by atoms with Gasteiger partial charge in [0.1, 0.15) is 6.04 Å². The van der Waals surface area contributed by atoms with Crippen LogP contribution in [-0.2, 0) is 14.3 Å². The molecule has 0 aliphatic carbocycles. The maximum absolute atomic E-state index is 12.3. The normalized spacial score (nSPS) is 11.4. The first-order valence-corrected chi connectivity index (χ1v) is 8.27.